The highest BCUT2D eigenvalue weighted by Crippen LogP contribution is 2.35. The molecule has 1 saturated heterocycles. The molecule has 1 heterocycles. The Hall–Kier alpha value is -2.04. The normalized spacial score (nSPS) is 18.4. The van der Waals surface area contributed by atoms with Gasteiger partial charge in [-0.3, -0.25) is 9.45 Å². The van der Waals surface area contributed by atoms with Crippen LogP contribution in [0.2, 0.25) is 0 Å². The van der Waals surface area contributed by atoms with Crippen LogP contribution in [0.3, 0.4) is 0 Å². The summed E-state index contributed by atoms with van der Waals surface area (Å²) < 4.78 is 39.0. The van der Waals surface area contributed by atoms with Gasteiger partial charge in [-0.15, -0.1) is 0 Å². The van der Waals surface area contributed by atoms with E-state index in [1.807, 2.05) is 32.9 Å². The molecule has 0 saturated carbocycles. The first-order valence-corrected chi connectivity index (χ1v) is 12.2. The van der Waals surface area contributed by atoms with Crippen LogP contribution in [-0.2, 0) is 15.7 Å². The Labute approximate surface area is 188 Å². The van der Waals surface area contributed by atoms with Crippen molar-refractivity contribution in [2.75, 3.05) is 19.3 Å². The second-order valence-electron chi connectivity index (χ2n) is 8.50. The van der Waals surface area contributed by atoms with E-state index < -0.39 is 21.8 Å². The Bertz CT molecular complexity index is 986. The minimum Gasteiger partial charge on any atom is -0.507 e. The molecule has 0 amide bonds. The Morgan fingerprint density at radius 1 is 1.06 bits per heavy atom. The van der Waals surface area contributed by atoms with Crippen LogP contribution in [0.4, 0.5) is 4.39 Å². The Kier molecular flexibility index (Phi) is 8.41. The summed E-state index contributed by atoms with van der Waals surface area (Å²) in [6.45, 7) is 6.91. The van der Waals surface area contributed by atoms with Crippen LogP contribution in [0.15, 0.2) is 36.4 Å². The number of aliphatic hydroxyl groups excluding tert-OH is 1. The minimum atomic E-state index is -3.67. The monoisotopic (exact) mass is 469 g/mol. The summed E-state index contributed by atoms with van der Waals surface area (Å²) in [5.74, 6) is -0.0445. The predicted molar refractivity (Wildman–Crippen MR) is 121 cm³/mol. The molecule has 4 N–H and O–H groups in total. The van der Waals surface area contributed by atoms with Crippen LogP contribution in [0.25, 0.3) is 0 Å². The smallest absolute Gasteiger partial charge is 0.261 e. The molecular formula is C23H32FNO6S. The van der Waals surface area contributed by atoms with Crippen LogP contribution < -0.4 is 0 Å². The minimum absolute atomic E-state index is 0.119. The van der Waals surface area contributed by atoms with E-state index in [1.54, 1.807) is 12.1 Å². The predicted octanol–water partition coefficient (Wildman–Crippen LogP) is 3.06. The lowest BCUT2D eigenvalue weighted by molar-refractivity contribution is -0.0502. The molecule has 178 valence electrons. The highest BCUT2D eigenvalue weighted by Gasteiger charge is 2.36. The van der Waals surface area contributed by atoms with Crippen LogP contribution in [0.1, 0.15) is 48.1 Å². The summed E-state index contributed by atoms with van der Waals surface area (Å²) >= 11 is 0. The Morgan fingerprint density at radius 3 is 1.94 bits per heavy atom. The van der Waals surface area contributed by atoms with E-state index in [-0.39, 0.29) is 17.6 Å². The maximum Gasteiger partial charge on any atom is 0.261 e. The van der Waals surface area contributed by atoms with Gasteiger partial charge in [-0.2, -0.15) is 8.42 Å². The molecule has 1 aliphatic rings. The summed E-state index contributed by atoms with van der Waals surface area (Å²) in [6, 6.07) is 9.57. The molecule has 0 unspecified atom stereocenters. The van der Waals surface area contributed by atoms with Crippen LogP contribution in [0, 0.1) is 19.7 Å². The number of nitrogens with zero attached hydrogens (tertiary/aromatic N) is 1. The third kappa shape index (κ3) is 6.98. The van der Waals surface area contributed by atoms with Gasteiger partial charge in [0.25, 0.3) is 10.1 Å². The van der Waals surface area contributed by atoms with Gasteiger partial charge in [0.15, 0.2) is 0 Å². The standard InChI is InChI=1S/C22H28FNO3.CH4O3S/c1-14-12-17(13-15(2)20(14)25)21(26)16(3)24-10-8-22(27,9-11-24)18-4-6-19(23)7-5-18;1-5(2,3)4/h4-7,12-13,16,21,25-27H,8-11H2,1-3H3;1H3,(H,2,3,4)/t16-,21+;/m1./s1. The molecule has 7 nitrogen and oxygen atoms in total. The quantitative estimate of drug-likeness (QED) is 0.508. The molecule has 0 radical (unpaired) electrons. The van der Waals surface area contributed by atoms with Crippen molar-refractivity contribution in [2.45, 2.75) is 51.4 Å². The fourth-order valence-electron chi connectivity index (χ4n) is 3.99. The summed E-state index contributed by atoms with van der Waals surface area (Å²) in [7, 11) is -3.67. The molecule has 2 atom stereocenters. The molecule has 1 fully saturated rings. The zero-order valence-corrected chi connectivity index (χ0v) is 19.6. The third-order valence-corrected chi connectivity index (χ3v) is 5.89. The molecular weight excluding hydrogens is 437 g/mol. The number of phenols is 1. The van der Waals surface area contributed by atoms with Gasteiger partial charge >= 0.3 is 0 Å². The summed E-state index contributed by atoms with van der Waals surface area (Å²) in [4.78, 5) is 2.17. The molecule has 32 heavy (non-hydrogen) atoms. The number of piperidine rings is 1. The number of hydrogen-bond donors (Lipinski definition) is 4. The van der Waals surface area contributed by atoms with E-state index >= 15 is 0 Å². The number of hydrogen-bond acceptors (Lipinski definition) is 6. The first kappa shape index (κ1) is 26.2. The molecule has 2 aromatic carbocycles. The van der Waals surface area contributed by atoms with Crippen LogP contribution in [-0.4, -0.2) is 58.6 Å². The third-order valence-electron chi connectivity index (χ3n) is 5.89. The van der Waals surface area contributed by atoms with E-state index in [2.05, 4.69) is 4.90 Å². The summed E-state index contributed by atoms with van der Waals surface area (Å²) in [6.07, 6.45) is 1.10. The van der Waals surface area contributed by atoms with E-state index in [9.17, 15) is 28.1 Å². The topological polar surface area (TPSA) is 118 Å². The van der Waals surface area contributed by atoms with E-state index in [4.69, 9.17) is 4.55 Å². The second-order valence-corrected chi connectivity index (χ2v) is 9.96. The van der Waals surface area contributed by atoms with Crippen LogP contribution in [0.5, 0.6) is 5.75 Å². The molecule has 0 bridgehead atoms. The maximum absolute atomic E-state index is 13.1. The lowest BCUT2D eigenvalue weighted by Gasteiger charge is -2.42. The number of benzene rings is 2. The average molecular weight is 470 g/mol. The van der Waals surface area contributed by atoms with Gasteiger partial charge in [0.2, 0.25) is 0 Å². The highest BCUT2D eigenvalue weighted by molar-refractivity contribution is 7.85. The molecule has 9 heteroatoms. The van der Waals surface area contributed by atoms with E-state index in [0.717, 1.165) is 22.3 Å². The molecule has 1 aliphatic heterocycles. The van der Waals surface area contributed by atoms with Gasteiger partial charge in [-0.05, 0) is 80.1 Å². The molecule has 2 aromatic rings. The number of likely N-dealkylation sites (tertiary alicyclic amines) is 1. The van der Waals surface area contributed by atoms with E-state index in [1.165, 1.54) is 12.1 Å². The zero-order valence-electron chi connectivity index (χ0n) is 18.8. The van der Waals surface area contributed by atoms with Crippen molar-refractivity contribution < 1.29 is 32.7 Å². The number of aliphatic hydroxyl groups is 2. The van der Waals surface area contributed by atoms with Gasteiger partial charge in [-0.25, -0.2) is 4.39 Å². The molecule has 0 spiro atoms. The first-order valence-electron chi connectivity index (χ1n) is 10.3. The molecule has 0 aliphatic carbocycles. The molecule has 0 aromatic heterocycles. The van der Waals surface area contributed by atoms with Crippen molar-refractivity contribution in [1.29, 1.82) is 0 Å². The number of phenolic OH excluding ortho intramolecular Hbond substituents is 1. The van der Waals surface area contributed by atoms with Crippen molar-refractivity contribution in [1.82, 2.24) is 4.90 Å². The molecule has 3 rings (SSSR count). The summed E-state index contributed by atoms with van der Waals surface area (Å²) in [5.41, 5.74) is 2.07. The SMILES string of the molecule is CS(=O)(=O)O.Cc1cc([C@@H](O)[C@@H](C)N2CCC(O)(c3ccc(F)cc3)CC2)cc(C)c1O. The van der Waals surface area contributed by atoms with Gasteiger partial charge < -0.3 is 15.3 Å². The van der Waals surface area contributed by atoms with Gasteiger partial charge in [0.1, 0.15) is 11.6 Å². The van der Waals surface area contributed by atoms with Crippen LogP contribution >= 0.6 is 0 Å². The number of aromatic hydroxyl groups is 1. The maximum atomic E-state index is 13.1. The van der Waals surface area contributed by atoms with Crippen molar-refractivity contribution in [3.05, 3.63) is 64.5 Å². The van der Waals surface area contributed by atoms with Crippen molar-refractivity contribution in [3.63, 3.8) is 0 Å². The van der Waals surface area contributed by atoms with E-state index in [0.29, 0.717) is 32.2 Å². The van der Waals surface area contributed by atoms with Crippen molar-refractivity contribution in [2.24, 2.45) is 0 Å². The first-order chi connectivity index (χ1) is 14.7. The van der Waals surface area contributed by atoms with Gasteiger partial charge in [0, 0.05) is 19.1 Å². The van der Waals surface area contributed by atoms with Gasteiger partial charge in [0.05, 0.1) is 18.0 Å². The highest BCUT2D eigenvalue weighted by atomic mass is 32.2. The number of halogens is 1. The Balaban J connectivity index is 0.000000654. The lowest BCUT2D eigenvalue weighted by atomic mass is 9.83. The Morgan fingerprint density at radius 2 is 1.50 bits per heavy atom. The largest absolute Gasteiger partial charge is 0.507 e. The number of rotatable bonds is 4. The van der Waals surface area contributed by atoms with Crippen molar-refractivity contribution >= 4 is 10.1 Å². The average Bonchev–Trinajstić information content (AvgIpc) is 2.70. The van der Waals surface area contributed by atoms with Gasteiger partial charge in [-0.1, -0.05) is 12.1 Å². The lowest BCUT2D eigenvalue weighted by Crippen LogP contribution is -2.47. The number of aryl methyl sites for hydroxylation is 2. The summed E-state index contributed by atoms with van der Waals surface area (Å²) in [5, 5.41) is 31.7. The zero-order chi connectivity index (χ0) is 24.3. The fraction of sp³-hybridized carbons (Fsp3) is 0.478. The fourth-order valence-corrected chi connectivity index (χ4v) is 3.99. The van der Waals surface area contributed by atoms with Crippen molar-refractivity contribution in [3.8, 4) is 5.75 Å². The second kappa shape index (κ2) is 10.3.